The third-order valence-corrected chi connectivity index (χ3v) is 4.10. The first-order valence-corrected chi connectivity index (χ1v) is 7.85. The molecule has 1 aromatic rings. The first-order chi connectivity index (χ1) is 9.63. The predicted octanol–water partition coefficient (Wildman–Crippen LogP) is 3.52. The van der Waals surface area contributed by atoms with E-state index < -0.39 is 5.60 Å². The van der Waals surface area contributed by atoms with Crippen LogP contribution in [-0.2, 0) is 6.54 Å². The molecule has 1 aliphatic carbocycles. The van der Waals surface area contributed by atoms with Crippen molar-refractivity contribution in [1.29, 1.82) is 0 Å². The van der Waals surface area contributed by atoms with Crippen molar-refractivity contribution in [2.75, 3.05) is 13.2 Å². The lowest BCUT2D eigenvalue weighted by Crippen LogP contribution is -2.38. The van der Waals surface area contributed by atoms with Crippen molar-refractivity contribution in [1.82, 2.24) is 5.32 Å². The van der Waals surface area contributed by atoms with Crippen LogP contribution < -0.4 is 10.1 Å². The lowest BCUT2D eigenvalue weighted by atomic mass is 9.85. The van der Waals surface area contributed by atoms with E-state index in [0.29, 0.717) is 11.6 Å². The lowest BCUT2D eigenvalue weighted by Gasteiger charge is -2.32. The van der Waals surface area contributed by atoms with Crippen LogP contribution in [0, 0.1) is 0 Å². The zero-order valence-electron chi connectivity index (χ0n) is 12.1. The monoisotopic (exact) mass is 297 g/mol. The molecule has 2 N–H and O–H groups in total. The summed E-state index contributed by atoms with van der Waals surface area (Å²) >= 11 is 6.04. The van der Waals surface area contributed by atoms with Gasteiger partial charge >= 0.3 is 0 Å². The summed E-state index contributed by atoms with van der Waals surface area (Å²) in [5.74, 6) is 0.814. The van der Waals surface area contributed by atoms with Gasteiger partial charge in [-0.05, 0) is 37.6 Å². The number of aliphatic hydroxyl groups is 1. The van der Waals surface area contributed by atoms with Gasteiger partial charge in [-0.15, -0.1) is 0 Å². The Balaban J connectivity index is 2.00. The fourth-order valence-electron chi connectivity index (χ4n) is 2.65. The van der Waals surface area contributed by atoms with Crippen LogP contribution in [0.5, 0.6) is 5.75 Å². The normalized spacial score (nSPS) is 17.9. The molecule has 1 saturated carbocycles. The Hall–Kier alpha value is -0.770. The van der Waals surface area contributed by atoms with Crippen LogP contribution >= 0.6 is 11.6 Å². The van der Waals surface area contributed by atoms with Gasteiger partial charge in [-0.1, -0.05) is 37.8 Å². The van der Waals surface area contributed by atoms with Gasteiger partial charge in [-0.2, -0.15) is 0 Å². The molecule has 1 fully saturated rings. The van der Waals surface area contributed by atoms with Gasteiger partial charge in [-0.25, -0.2) is 0 Å². The minimum Gasteiger partial charge on any atom is -0.490 e. The van der Waals surface area contributed by atoms with Crippen LogP contribution in [0.2, 0.25) is 5.02 Å². The molecule has 0 aliphatic heterocycles. The molecule has 0 spiro atoms. The Morgan fingerprint density at radius 2 is 2.05 bits per heavy atom. The highest BCUT2D eigenvalue weighted by atomic mass is 35.5. The van der Waals surface area contributed by atoms with Crippen molar-refractivity contribution in [3.63, 3.8) is 0 Å². The molecule has 20 heavy (non-hydrogen) atoms. The Kier molecular flexibility index (Phi) is 5.70. The maximum absolute atomic E-state index is 10.5. The highest BCUT2D eigenvalue weighted by Gasteiger charge is 2.30. The Bertz CT molecular complexity index is 430. The van der Waals surface area contributed by atoms with E-state index in [1.165, 1.54) is 6.42 Å². The average molecular weight is 298 g/mol. The van der Waals surface area contributed by atoms with Crippen molar-refractivity contribution in [2.24, 2.45) is 0 Å². The number of rotatable bonds is 6. The molecule has 0 unspecified atom stereocenters. The Labute approximate surface area is 126 Å². The smallest absolute Gasteiger partial charge is 0.124 e. The first kappa shape index (κ1) is 15.6. The molecule has 0 saturated heterocycles. The van der Waals surface area contributed by atoms with E-state index in [1.807, 2.05) is 18.2 Å². The summed E-state index contributed by atoms with van der Waals surface area (Å²) in [6.07, 6.45) is 5.07. The second-order valence-electron chi connectivity index (χ2n) is 5.61. The molecular formula is C16H24ClNO2. The van der Waals surface area contributed by atoms with Crippen molar-refractivity contribution < 1.29 is 9.84 Å². The van der Waals surface area contributed by atoms with Crippen LogP contribution in [0.4, 0.5) is 0 Å². The maximum atomic E-state index is 10.5. The minimum atomic E-state index is -0.659. The lowest BCUT2D eigenvalue weighted by molar-refractivity contribution is -0.0341. The number of ether oxygens (including phenoxy) is 1. The molecule has 1 aliphatic rings. The largest absolute Gasteiger partial charge is 0.490 e. The van der Waals surface area contributed by atoms with Gasteiger partial charge in [0.25, 0.3) is 0 Å². The van der Waals surface area contributed by atoms with Crippen LogP contribution in [0.1, 0.15) is 44.6 Å². The summed E-state index contributed by atoms with van der Waals surface area (Å²) in [5.41, 5.74) is 0.381. The third kappa shape index (κ3) is 4.37. The van der Waals surface area contributed by atoms with E-state index >= 15 is 0 Å². The van der Waals surface area contributed by atoms with Crippen molar-refractivity contribution in [2.45, 2.75) is 51.2 Å². The molecule has 0 aromatic heterocycles. The van der Waals surface area contributed by atoms with Gasteiger partial charge in [0.05, 0.1) is 5.60 Å². The van der Waals surface area contributed by atoms with Crippen LogP contribution in [0.15, 0.2) is 18.2 Å². The number of hydrogen-bond acceptors (Lipinski definition) is 3. The van der Waals surface area contributed by atoms with E-state index in [9.17, 15) is 5.11 Å². The summed E-state index contributed by atoms with van der Waals surface area (Å²) in [6, 6.07) is 5.64. The van der Waals surface area contributed by atoms with Crippen LogP contribution in [0.25, 0.3) is 0 Å². The molecule has 0 radical (unpaired) electrons. The second kappa shape index (κ2) is 7.30. The number of hydrogen-bond donors (Lipinski definition) is 2. The molecule has 0 atom stereocenters. The SMILES string of the molecule is CCNCc1cc(Cl)ccc1OCC1(O)CCCCC1. The maximum Gasteiger partial charge on any atom is 0.124 e. The molecule has 3 nitrogen and oxygen atoms in total. The number of benzene rings is 1. The minimum absolute atomic E-state index is 0.369. The highest BCUT2D eigenvalue weighted by Crippen LogP contribution is 2.30. The van der Waals surface area contributed by atoms with Crippen molar-refractivity contribution in [3.05, 3.63) is 28.8 Å². The zero-order chi connectivity index (χ0) is 14.4. The van der Waals surface area contributed by atoms with Crippen LogP contribution in [0.3, 0.4) is 0 Å². The van der Waals surface area contributed by atoms with E-state index in [1.54, 1.807) is 0 Å². The quantitative estimate of drug-likeness (QED) is 0.844. The third-order valence-electron chi connectivity index (χ3n) is 3.87. The molecule has 2 rings (SSSR count). The molecule has 0 heterocycles. The zero-order valence-corrected chi connectivity index (χ0v) is 12.9. The van der Waals surface area contributed by atoms with Gasteiger partial charge in [-0.3, -0.25) is 0 Å². The Morgan fingerprint density at radius 3 is 2.75 bits per heavy atom. The average Bonchev–Trinajstić information content (AvgIpc) is 2.45. The second-order valence-corrected chi connectivity index (χ2v) is 6.04. The van der Waals surface area contributed by atoms with E-state index in [4.69, 9.17) is 16.3 Å². The number of halogens is 1. The summed E-state index contributed by atoms with van der Waals surface area (Å²) < 4.78 is 5.88. The van der Waals surface area contributed by atoms with Crippen molar-refractivity contribution in [3.8, 4) is 5.75 Å². The summed E-state index contributed by atoms with van der Waals surface area (Å²) in [5, 5.41) is 14.5. The van der Waals surface area contributed by atoms with E-state index in [0.717, 1.165) is 50.1 Å². The molecule has 0 bridgehead atoms. The summed E-state index contributed by atoms with van der Waals surface area (Å²) in [6.45, 7) is 4.06. The van der Waals surface area contributed by atoms with Gasteiger partial charge in [0.1, 0.15) is 12.4 Å². The van der Waals surface area contributed by atoms with Crippen LogP contribution in [-0.4, -0.2) is 23.9 Å². The molecule has 1 aromatic carbocycles. The first-order valence-electron chi connectivity index (χ1n) is 7.47. The standard InChI is InChI=1S/C16H24ClNO2/c1-2-18-11-13-10-14(17)6-7-15(13)20-12-16(19)8-4-3-5-9-16/h6-7,10,18-19H,2-5,8-9,11-12H2,1H3. The molecule has 0 amide bonds. The van der Waals surface area contributed by atoms with Gasteiger partial charge < -0.3 is 15.2 Å². The fourth-order valence-corrected chi connectivity index (χ4v) is 2.85. The molecule has 112 valence electrons. The summed E-state index contributed by atoms with van der Waals surface area (Å²) in [7, 11) is 0. The Morgan fingerprint density at radius 1 is 1.30 bits per heavy atom. The molecular weight excluding hydrogens is 274 g/mol. The van der Waals surface area contributed by atoms with Gasteiger partial charge in [0, 0.05) is 17.1 Å². The summed E-state index contributed by atoms with van der Waals surface area (Å²) in [4.78, 5) is 0. The van der Waals surface area contributed by atoms with E-state index in [2.05, 4.69) is 12.2 Å². The predicted molar refractivity (Wildman–Crippen MR) is 82.4 cm³/mol. The van der Waals surface area contributed by atoms with Gasteiger partial charge in [0.15, 0.2) is 0 Å². The van der Waals surface area contributed by atoms with E-state index in [-0.39, 0.29) is 0 Å². The van der Waals surface area contributed by atoms with Crippen molar-refractivity contribution >= 4 is 11.6 Å². The topological polar surface area (TPSA) is 41.5 Å². The number of nitrogens with one attached hydrogen (secondary N) is 1. The molecule has 4 heteroatoms. The van der Waals surface area contributed by atoms with Gasteiger partial charge in [0.2, 0.25) is 0 Å². The highest BCUT2D eigenvalue weighted by molar-refractivity contribution is 6.30. The fraction of sp³-hybridized carbons (Fsp3) is 0.625.